The first-order valence-corrected chi connectivity index (χ1v) is 6.37. The maximum Gasteiger partial charge on any atom is 0.220 e. The van der Waals surface area contributed by atoms with Crippen LogP contribution < -0.4 is 10.6 Å². The molecule has 3 atom stereocenters. The smallest absolute Gasteiger partial charge is 0.220 e. The first-order chi connectivity index (χ1) is 9.04. The molecule has 1 fully saturated rings. The zero-order valence-electron chi connectivity index (χ0n) is 11.3. The average Bonchev–Trinajstić information content (AvgIpc) is 2.68. The lowest BCUT2D eigenvalue weighted by molar-refractivity contribution is -0.123. The third-order valence-electron chi connectivity index (χ3n) is 2.91. The van der Waals surface area contributed by atoms with Crippen LogP contribution in [0.25, 0.3) is 0 Å². The monoisotopic (exact) mass is 274 g/mol. The molecule has 0 radical (unpaired) electrons. The lowest BCUT2D eigenvalue weighted by Gasteiger charge is -2.17. The molecule has 1 aliphatic rings. The van der Waals surface area contributed by atoms with Crippen molar-refractivity contribution in [1.82, 2.24) is 10.6 Å². The highest BCUT2D eigenvalue weighted by molar-refractivity contribution is 5.76. The number of carbonyl (C=O) groups excluding carboxylic acids is 2. The van der Waals surface area contributed by atoms with Crippen molar-refractivity contribution in [3.63, 3.8) is 0 Å². The van der Waals surface area contributed by atoms with Crippen LogP contribution in [0.2, 0.25) is 0 Å². The minimum atomic E-state index is -0.751. The Morgan fingerprint density at radius 2 is 2.21 bits per heavy atom. The molecule has 1 saturated heterocycles. The molecule has 1 aliphatic heterocycles. The Hall–Kier alpha value is -1.18. The summed E-state index contributed by atoms with van der Waals surface area (Å²) in [6.45, 7) is 2.49. The highest BCUT2D eigenvalue weighted by Crippen LogP contribution is 2.14. The lowest BCUT2D eigenvalue weighted by Crippen LogP contribution is -2.45. The molecular weight excluding hydrogens is 252 g/mol. The van der Waals surface area contributed by atoms with Crippen molar-refractivity contribution in [3.8, 4) is 0 Å². The fraction of sp³-hybridized carbons (Fsp3) is 0.833. The third kappa shape index (κ3) is 5.54. The quantitative estimate of drug-likeness (QED) is 0.506. The highest BCUT2D eigenvalue weighted by Gasteiger charge is 2.36. The van der Waals surface area contributed by atoms with Gasteiger partial charge in [0.25, 0.3) is 0 Å². The van der Waals surface area contributed by atoms with Gasteiger partial charge in [-0.25, -0.2) is 0 Å². The number of aliphatic hydroxyl groups is 1. The van der Waals surface area contributed by atoms with Crippen LogP contribution >= 0.6 is 0 Å². The number of carbonyl (C=O) groups is 2. The third-order valence-corrected chi connectivity index (χ3v) is 2.91. The molecule has 3 N–H and O–H groups in total. The van der Waals surface area contributed by atoms with Crippen molar-refractivity contribution in [2.24, 2.45) is 0 Å². The van der Waals surface area contributed by atoms with E-state index in [4.69, 9.17) is 9.47 Å². The molecule has 0 saturated carbocycles. The summed E-state index contributed by atoms with van der Waals surface area (Å²) < 4.78 is 10.2. The van der Waals surface area contributed by atoms with Gasteiger partial charge in [-0.05, 0) is 6.42 Å². The second kappa shape index (κ2) is 8.08. The van der Waals surface area contributed by atoms with Crippen LogP contribution in [-0.4, -0.2) is 62.0 Å². The zero-order chi connectivity index (χ0) is 14.3. The van der Waals surface area contributed by atoms with Crippen LogP contribution in [0.4, 0.5) is 0 Å². The molecule has 1 rings (SSSR count). The lowest BCUT2D eigenvalue weighted by atomic mass is 10.1. The Labute approximate surface area is 112 Å². The molecule has 0 aromatic rings. The fourth-order valence-electron chi connectivity index (χ4n) is 1.91. The summed E-state index contributed by atoms with van der Waals surface area (Å²) in [7, 11) is 1.53. The summed E-state index contributed by atoms with van der Waals surface area (Å²) in [6, 6.07) is -0.395. The van der Waals surface area contributed by atoms with Gasteiger partial charge in [0.15, 0.2) is 0 Å². The normalized spacial score (nSPS) is 26.2. The number of ether oxygens (including phenoxy) is 2. The number of rotatable bonds is 7. The van der Waals surface area contributed by atoms with E-state index in [2.05, 4.69) is 10.6 Å². The van der Waals surface area contributed by atoms with Crippen LogP contribution in [0, 0.1) is 0 Å². The number of amides is 2. The average molecular weight is 274 g/mol. The summed E-state index contributed by atoms with van der Waals surface area (Å²) in [4.78, 5) is 22.3. The number of hydrogen-bond acceptors (Lipinski definition) is 5. The molecule has 3 unspecified atom stereocenters. The Balaban J connectivity index is 2.20. The van der Waals surface area contributed by atoms with Gasteiger partial charge < -0.3 is 25.2 Å². The summed E-state index contributed by atoms with van der Waals surface area (Å²) in [5, 5.41) is 15.2. The molecule has 7 nitrogen and oxygen atoms in total. The van der Waals surface area contributed by atoms with E-state index in [0.29, 0.717) is 26.0 Å². The SMILES string of the molecule is COCC1OCC(NC(=O)CCCNC(C)=O)C1O. The molecule has 0 spiro atoms. The number of methoxy groups -OCH3 is 1. The number of hydrogen-bond donors (Lipinski definition) is 3. The standard InChI is InChI=1S/C12H22N2O5/c1-8(15)13-5-3-4-11(16)14-9-6-19-10(7-18-2)12(9)17/h9-10,12,17H,3-7H2,1-2H3,(H,13,15)(H,14,16). The van der Waals surface area contributed by atoms with E-state index in [1.807, 2.05) is 0 Å². The molecule has 0 aromatic heterocycles. The molecule has 19 heavy (non-hydrogen) atoms. The van der Waals surface area contributed by atoms with Crippen molar-refractivity contribution in [2.45, 2.75) is 38.0 Å². The van der Waals surface area contributed by atoms with Gasteiger partial charge in [0.2, 0.25) is 11.8 Å². The van der Waals surface area contributed by atoms with Crippen LogP contribution in [0.3, 0.4) is 0 Å². The molecule has 110 valence electrons. The van der Waals surface area contributed by atoms with E-state index in [-0.39, 0.29) is 18.4 Å². The fourth-order valence-corrected chi connectivity index (χ4v) is 1.91. The van der Waals surface area contributed by atoms with Crippen molar-refractivity contribution >= 4 is 11.8 Å². The van der Waals surface area contributed by atoms with Crippen LogP contribution in [0.5, 0.6) is 0 Å². The molecule has 7 heteroatoms. The largest absolute Gasteiger partial charge is 0.388 e. The van der Waals surface area contributed by atoms with E-state index in [1.165, 1.54) is 14.0 Å². The van der Waals surface area contributed by atoms with E-state index < -0.39 is 18.2 Å². The van der Waals surface area contributed by atoms with Crippen LogP contribution in [-0.2, 0) is 19.1 Å². The van der Waals surface area contributed by atoms with Gasteiger partial charge in [0, 0.05) is 27.0 Å². The van der Waals surface area contributed by atoms with E-state index in [9.17, 15) is 14.7 Å². The van der Waals surface area contributed by atoms with E-state index >= 15 is 0 Å². The highest BCUT2D eigenvalue weighted by atomic mass is 16.5. The molecule has 0 bridgehead atoms. The Morgan fingerprint density at radius 1 is 1.47 bits per heavy atom. The maximum atomic E-state index is 11.6. The second-order valence-electron chi connectivity index (χ2n) is 4.58. The minimum absolute atomic E-state index is 0.109. The van der Waals surface area contributed by atoms with Gasteiger partial charge in [-0.1, -0.05) is 0 Å². The van der Waals surface area contributed by atoms with Gasteiger partial charge in [0.1, 0.15) is 12.2 Å². The Kier molecular flexibility index (Phi) is 6.75. The molecular formula is C12H22N2O5. The van der Waals surface area contributed by atoms with Crippen molar-refractivity contribution in [2.75, 3.05) is 26.9 Å². The molecule has 2 amide bonds. The van der Waals surface area contributed by atoms with Gasteiger partial charge in [-0.15, -0.1) is 0 Å². The van der Waals surface area contributed by atoms with Crippen LogP contribution in [0.1, 0.15) is 19.8 Å². The predicted octanol–water partition coefficient (Wildman–Crippen LogP) is -1.21. The van der Waals surface area contributed by atoms with Crippen molar-refractivity contribution < 1.29 is 24.2 Å². The number of nitrogens with one attached hydrogen (secondary N) is 2. The summed E-state index contributed by atoms with van der Waals surface area (Å²) in [5.74, 6) is -0.265. The minimum Gasteiger partial charge on any atom is -0.388 e. The van der Waals surface area contributed by atoms with Crippen molar-refractivity contribution in [1.29, 1.82) is 0 Å². The van der Waals surface area contributed by atoms with E-state index in [0.717, 1.165) is 0 Å². The molecule has 0 aliphatic carbocycles. The van der Waals surface area contributed by atoms with Crippen LogP contribution in [0.15, 0.2) is 0 Å². The van der Waals surface area contributed by atoms with Gasteiger partial charge in [-0.3, -0.25) is 9.59 Å². The van der Waals surface area contributed by atoms with Gasteiger partial charge >= 0.3 is 0 Å². The second-order valence-corrected chi connectivity index (χ2v) is 4.58. The summed E-state index contributed by atoms with van der Waals surface area (Å²) >= 11 is 0. The first kappa shape index (κ1) is 15.9. The first-order valence-electron chi connectivity index (χ1n) is 6.37. The molecule has 0 aromatic carbocycles. The Morgan fingerprint density at radius 3 is 2.84 bits per heavy atom. The Bertz CT molecular complexity index is 310. The summed E-state index contributed by atoms with van der Waals surface area (Å²) in [6.07, 6.45) is -0.274. The summed E-state index contributed by atoms with van der Waals surface area (Å²) in [5.41, 5.74) is 0. The van der Waals surface area contributed by atoms with Gasteiger partial charge in [0.05, 0.1) is 19.3 Å². The molecule has 1 heterocycles. The maximum absolute atomic E-state index is 11.6. The van der Waals surface area contributed by atoms with Gasteiger partial charge in [-0.2, -0.15) is 0 Å². The number of aliphatic hydroxyl groups excluding tert-OH is 1. The van der Waals surface area contributed by atoms with Crippen molar-refractivity contribution in [3.05, 3.63) is 0 Å². The topological polar surface area (TPSA) is 96.9 Å². The zero-order valence-corrected chi connectivity index (χ0v) is 11.3. The predicted molar refractivity (Wildman–Crippen MR) is 67.5 cm³/mol. The van der Waals surface area contributed by atoms with E-state index in [1.54, 1.807) is 0 Å².